The van der Waals surface area contributed by atoms with Crippen molar-refractivity contribution in [1.29, 1.82) is 0 Å². The summed E-state index contributed by atoms with van der Waals surface area (Å²) < 4.78 is 2.35. The summed E-state index contributed by atoms with van der Waals surface area (Å²) in [5.41, 5.74) is 8.24. The Morgan fingerprint density at radius 1 is 1.03 bits per heavy atom. The Hall–Kier alpha value is -1.99. The van der Waals surface area contributed by atoms with Crippen LogP contribution in [0.5, 0.6) is 0 Å². The lowest BCUT2D eigenvalue weighted by Crippen LogP contribution is -2.49. The van der Waals surface area contributed by atoms with E-state index < -0.39 is 0 Å². The van der Waals surface area contributed by atoms with Crippen molar-refractivity contribution in [1.82, 2.24) is 24.3 Å². The molecule has 168 valence electrons. The second-order valence-corrected chi connectivity index (χ2v) is 7.99. The van der Waals surface area contributed by atoms with Gasteiger partial charge in [-0.1, -0.05) is 13.8 Å². The summed E-state index contributed by atoms with van der Waals surface area (Å²) in [6.45, 7) is 12.9. The summed E-state index contributed by atoms with van der Waals surface area (Å²) in [6, 6.07) is 1.30. The molecular formula is C23H41N7. The number of anilines is 1. The molecule has 1 saturated carbocycles. The maximum absolute atomic E-state index is 6.06. The number of aryl methyl sites for hydroxylation is 1. The Morgan fingerprint density at radius 2 is 1.60 bits per heavy atom. The molecule has 0 unspecified atom stereocenters. The van der Waals surface area contributed by atoms with Crippen molar-refractivity contribution < 1.29 is 0 Å². The molecule has 2 N–H and O–H groups in total. The number of nitrogens with zero attached hydrogens (tertiary/aromatic N) is 6. The van der Waals surface area contributed by atoms with Crippen LogP contribution >= 0.6 is 0 Å². The Bertz CT molecular complexity index is 778. The van der Waals surface area contributed by atoms with Crippen molar-refractivity contribution in [2.45, 2.75) is 65.5 Å². The minimum absolute atomic E-state index is 0.541. The largest absolute Gasteiger partial charge is 0.383 e. The molecule has 0 atom stereocenters. The van der Waals surface area contributed by atoms with Gasteiger partial charge in [-0.2, -0.15) is 0 Å². The van der Waals surface area contributed by atoms with Crippen LogP contribution in [-0.4, -0.2) is 76.9 Å². The molecular weight excluding hydrogens is 374 g/mol. The highest BCUT2D eigenvalue weighted by atomic mass is 15.3. The second-order valence-electron chi connectivity index (χ2n) is 7.99. The third-order valence-corrected chi connectivity index (χ3v) is 6.20. The van der Waals surface area contributed by atoms with Crippen LogP contribution in [0.15, 0.2) is 17.5 Å². The lowest BCUT2D eigenvalue weighted by Gasteiger charge is -2.41. The highest BCUT2D eigenvalue weighted by Crippen LogP contribution is 2.35. The summed E-state index contributed by atoms with van der Waals surface area (Å²) in [7, 11) is 3.97. The zero-order chi connectivity index (χ0) is 22.1. The molecule has 0 bridgehead atoms. The van der Waals surface area contributed by atoms with Crippen LogP contribution in [-0.2, 0) is 0 Å². The normalized spacial score (nSPS) is 23.0. The topological polar surface area (TPSA) is 75.6 Å². The van der Waals surface area contributed by atoms with Crippen LogP contribution in [0, 0.1) is 6.92 Å². The molecule has 0 radical (unpaired) electrons. The van der Waals surface area contributed by atoms with Gasteiger partial charge < -0.3 is 20.2 Å². The van der Waals surface area contributed by atoms with E-state index in [0.717, 1.165) is 17.1 Å². The third kappa shape index (κ3) is 5.79. The minimum atomic E-state index is 0.541. The van der Waals surface area contributed by atoms with Gasteiger partial charge in [-0.05, 0) is 58.4 Å². The van der Waals surface area contributed by atoms with Crippen molar-refractivity contribution in [2.75, 3.05) is 46.0 Å². The van der Waals surface area contributed by atoms with Crippen molar-refractivity contribution in [3.8, 4) is 0 Å². The first-order chi connectivity index (χ1) is 14.5. The number of hydrogen-bond donors (Lipinski definition) is 1. The van der Waals surface area contributed by atoms with Gasteiger partial charge in [-0.15, -0.1) is 0 Å². The number of piperazine rings is 1. The molecule has 1 aliphatic heterocycles. The Morgan fingerprint density at radius 3 is 2.17 bits per heavy atom. The third-order valence-electron chi connectivity index (χ3n) is 6.20. The van der Waals surface area contributed by atoms with Gasteiger partial charge in [-0.3, -0.25) is 4.90 Å². The lowest BCUT2D eigenvalue weighted by atomic mass is 9.89. The van der Waals surface area contributed by atoms with Crippen molar-refractivity contribution >= 4 is 23.1 Å². The molecule has 2 aromatic rings. The molecule has 7 heteroatoms. The number of fused-ring (bicyclic) bond motifs is 1. The number of aromatic nitrogens is 3. The fourth-order valence-electron chi connectivity index (χ4n) is 4.46. The number of likely N-dealkylation sites (N-methyl/N-ethyl adjacent to an activating group) is 1. The number of hydrogen-bond acceptors (Lipinski definition) is 6. The first kappa shape index (κ1) is 24.3. The van der Waals surface area contributed by atoms with Crippen LogP contribution in [0.25, 0.3) is 11.0 Å². The fraction of sp³-hybridized carbons (Fsp3) is 0.696. The Balaban J connectivity index is 0.000000481. The SMILES string of the molecule is CC.CC=NC.Cc1cn(C2CCC(N3CCN(C)CC3)CC2)c2ncnc(N)c12. The zero-order valence-corrected chi connectivity index (χ0v) is 19.8. The lowest BCUT2D eigenvalue weighted by molar-refractivity contribution is 0.0827. The molecule has 4 rings (SSSR count). The second kappa shape index (κ2) is 12.0. The summed E-state index contributed by atoms with van der Waals surface area (Å²) in [4.78, 5) is 17.4. The molecule has 0 aromatic carbocycles. The molecule has 1 aliphatic carbocycles. The van der Waals surface area contributed by atoms with E-state index in [-0.39, 0.29) is 0 Å². The number of aliphatic imine (C=N–C) groups is 1. The van der Waals surface area contributed by atoms with E-state index in [9.17, 15) is 0 Å². The predicted octanol–water partition coefficient (Wildman–Crippen LogP) is 3.79. The number of rotatable bonds is 2. The molecule has 2 aliphatic rings. The van der Waals surface area contributed by atoms with Crippen LogP contribution in [0.4, 0.5) is 5.82 Å². The predicted molar refractivity (Wildman–Crippen MR) is 128 cm³/mol. The summed E-state index contributed by atoms with van der Waals surface area (Å²) in [5, 5.41) is 1.03. The Kier molecular flexibility index (Phi) is 9.72. The number of nitrogen functional groups attached to an aromatic ring is 1. The van der Waals surface area contributed by atoms with Gasteiger partial charge in [0, 0.05) is 51.5 Å². The standard InChI is InChI=1S/C18H28N6.C3H7N.C2H6/c1-13-11-24(18-16(13)17(19)20-12-21-18)15-5-3-14(4-6-15)23-9-7-22(2)8-10-23;1-3-4-2;1-2/h11-12,14-15H,3-10H2,1-2H3,(H2,19,20,21);3H,1-2H3;1-2H3. The molecule has 30 heavy (non-hydrogen) atoms. The number of nitrogens with two attached hydrogens (primary N) is 1. The molecule has 3 heterocycles. The smallest absolute Gasteiger partial charge is 0.145 e. The molecule has 2 fully saturated rings. The van der Waals surface area contributed by atoms with E-state index in [4.69, 9.17) is 5.73 Å². The molecule has 0 amide bonds. The first-order valence-electron chi connectivity index (χ1n) is 11.4. The summed E-state index contributed by atoms with van der Waals surface area (Å²) >= 11 is 0. The van der Waals surface area contributed by atoms with Crippen LogP contribution in [0.3, 0.4) is 0 Å². The fourth-order valence-corrected chi connectivity index (χ4v) is 4.46. The Labute approximate surface area is 182 Å². The highest BCUT2D eigenvalue weighted by Gasteiger charge is 2.29. The van der Waals surface area contributed by atoms with E-state index in [0.29, 0.717) is 11.9 Å². The maximum Gasteiger partial charge on any atom is 0.145 e. The van der Waals surface area contributed by atoms with Gasteiger partial charge in [0.2, 0.25) is 0 Å². The molecule has 2 aromatic heterocycles. The average molecular weight is 416 g/mol. The maximum atomic E-state index is 6.06. The first-order valence-corrected chi connectivity index (χ1v) is 11.4. The average Bonchev–Trinajstić information content (AvgIpc) is 3.14. The van der Waals surface area contributed by atoms with E-state index in [1.54, 1.807) is 19.6 Å². The van der Waals surface area contributed by atoms with E-state index in [1.165, 1.54) is 57.4 Å². The van der Waals surface area contributed by atoms with Gasteiger partial charge in [0.25, 0.3) is 0 Å². The van der Waals surface area contributed by atoms with E-state index >= 15 is 0 Å². The van der Waals surface area contributed by atoms with Crippen LogP contribution < -0.4 is 5.73 Å². The van der Waals surface area contributed by atoms with Crippen molar-refractivity contribution in [3.05, 3.63) is 18.1 Å². The minimum Gasteiger partial charge on any atom is -0.383 e. The monoisotopic (exact) mass is 415 g/mol. The van der Waals surface area contributed by atoms with Gasteiger partial charge in [0.05, 0.1) is 5.39 Å². The molecule has 7 nitrogen and oxygen atoms in total. The van der Waals surface area contributed by atoms with Gasteiger partial charge >= 0.3 is 0 Å². The quantitative estimate of drug-likeness (QED) is 0.755. The van der Waals surface area contributed by atoms with Gasteiger partial charge in [-0.25, -0.2) is 9.97 Å². The molecule has 1 saturated heterocycles. The summed E-state index contributed by atoms with van der Waals surface area (Å²) in [5.74, 6) is 0.599. The van der Waals surface area contributed by atoms with Gasteiger partial charge in [0.1, 0.15) is 17.8 Å². The van der Waals surface area contributed by atoms with Crippen LogP contribution in [0.2, 0.25) is 0 Å². The highest BCUT2D eigenvalue weighted by molar-refractivity contribution is 5.89. The van der Waals surface area contributed by atoms with Crippen molar-refractivity contribution in [3.63, 3.8) is 0 Å². The van der Waals surface area contributed by atoms with E-state index in [1.807, 2.05) is 20.8 Å². The van der Waals surface area contributed by atoms with E-state index in [2.05, 4.69) is 49.5 Å². The van der Waals surface area contributed by atoms with Crippen molar-refractivity contribution in [2.24, 2.45) is 4.99 Å². The van der Waals surface area contributed by atoms with Crippen LogP contribution in [0.1, 0.15) is 58.1 Å². The van der Waals surface area contributed by atoms with Gasteiger partial charge in [0.15, 0.2) is 0 Å². The molecule has 0 spiro atoms. The zero-order valence-electron chi connectivity index (χ0n) is 19.8. The summed E-state index contributed by atoms with van der Waals surface area (Å²) in [6.07, 6.45) is 10.6.